The summed E-state index contributed by atoms with van der Waals surface area (Å²) in [5.74, 6) is 0.557. The molecule has 0 unspecified atom stereocenters. The van der Waals surface area contributed by atoms with Crippen LogP contribution >= 0.6 is 34.8 Å². The van der Waals surface area contributed by atoms with Gasteiger partial charge in [0.15, 0.2) is 5.78 Å². The second-order valence-electron chi connectivity index (χ2n) is 4.31. The minimum atomic E-state index is -0.174. The third-order valence-electron chi connectivity index (χ3n) is 2.50. The molecular formula is C14H15Cl3O3. The molecule has 110 valence electrons. The normalized spacial score (nSPS) is 10.3. The van der Waals surface area contributed by atoms with Gasteiger partial charge in [0.1, 0.15) is 22.6 Å². The van der Waals surface area contributed by atoms with E-state index in [9.17, 15) is 4.79 Å². The summed E-state index contributed by atoms with van der Waals surface area (Å²) in [5, 5.41) is 0.315. The van der Waals surface area contributed by atoms with Crippen LogP contribution in [0.1, 0.15) is 24.2 Å². The summed E-state index contributed by atoms with van der Waals surface area (Å²) < 4.78 is 10.7. The van der Waals surface area contributed by atoms with Crippen LogP contribution in [-0.4, -0.2) is 19.5 Å². The lowest BCUT2D eigenvalue weighted by atomic mass is 10.00. The number of rotatable bonds is 6. The number of Topliss-reactive ketones (excluding diaryl/α,β-unsaturated/α-hetero) is 1. The summed E-state index contributed by atoms with van der Waals surface area (Å²) >= 11 is 17.1. The second kappa shape index (κ2) is 7.77. The molecule has 0 atom stereocenters. The fourth-order valence-corrected chi connectivity index (χ4v) is 1.97. The van der Waals surface area contributed by atoms with E-state index in [1.54, 1.807) is 26.0 Å². The van der Waals surface area contributed by atoms with Gasteiger partial charge in [0, 0.05) is 12.0 Å². The summed E-state index contributed by atoms with van der Waals surface area (Å²) in [4.78, 5) is 12.2. The van der Waals surface area contributed by atoms with Crippen LogP contribution in [-0.2, 0) is 0 Å². The van der Waals surface area contributed by atoms with Crippen LogP contribution in [0.25, 0.3) is 0 Å². The van der Waals surface area contributed by atoms with Crippen molar-refractivity contribution in [2.75, 3.05) is 13.7 Å². The molecule has 0 bridgehead atoms. The van der Waals surface area contributed by atoms with Crippen molar-refractivity contribution in [3.05, 3.63) is 33.3 Å². The molecule has 0 fully saturated rings. The lowest BCUT2D eigenvalue weighted by molar-refractivity contribution is 0.0936. The molecule has 3 nitrogen and oxygen atoms in total. The predicted molar refractivity (Wildman–Crippen MR) is 82.5 cm³/mol. The lowest BCUT2D eigenvalue weighted by Crippen LogP contribution is -2.10. The Morgan fingerprint density at radius 2 is 2.00 bits per heavy atom. The van der Waals surface area contributed by atoms with Gasteiger partial charge in [-0.3, -0.25) is 4.79 Å². The van der Waals surface area contributed by atoms with E-state index in [0.717, 1.165) is 0 Å². The average molecular weight is 338 g/mol. The minimum Gasteiger partial charge on any atom is -0.494 e. The van der Waals surface area contributed by atoms with Crippen LogP contribution in [0.2, 0.25) is 5.02 Å². The van der Waals surface area contributed by atoms with Crippen LogP contribution in [0, 0.1) is 5.92 Å². The maximum Gasteiger partial charge on any atom is 0.169 e. The minimum absolute atomic E-state index is 0.0693. The van der Waals surface area contributed by atoms with E-state index in [1.165, 1.54) is 13.2 Å². The van der Waals surface area contributed by atoms with E-state index < -0.39 is 0 Å². The van der Waals surface area contributed by atoms with Gasteiger partial charge in [-0.25, -0.2) is 0 Å². The Balaban J connectivity index is 3.11. The number of ether oxygens (including phenoxy) is 2. The number of carbonyl (C=O) groups is 1. The molecule has 1 aromatic rings. The van der Waals surface area contributed by atoms with Gasteiger partial charge in [-0.05, 0) is 12.1 Å². The monoisotopic (exact) mass is 336 g/mol. The highest BCUT2D eigenvalue weighted by Crippen LogP contribution is 2.34. The second-order valence-corrected chi connectivity index (χ2v) is 5.72. The number of halogens is 3. The van der Waals surface area contributed by atoms with Gasteiger partial charge in [0.25, 0.3) is 0 Å². The van der Waals surface area contributed by atoms with E-state index in [-0.39, 0.29) is 22.8 Å². The molecule has 1 aromatic carbocycles. The Labute approximate surface area is 133 Å². The molecule has 0 saturated heterocycles. The van der Waals surface area contributed by atoms with Crippen molar-refractivity contribution in [1.82, 2.24) is 0 Å². The predicted octanol–water partition coefficient (Wildman–Crippen LogP) is 4.89. The number of hydrogen-bond donors (Lipinski definition) is 0. The molecule has 0 heterocycles. The Hall–Kier alpha value is -0.900. The molecule has 0 aliphatic heterocycles. The van der Waals surface area contributed by atoms with Crippen LogP contribution in [0.3, 0.4) is 0 Å². The molecule has 0 N–H and O–H groups in total. The van der Waals surface area contributed by atoms with Gasteiger partial charge in [0.05, 0.1) is 17.7 Å². The first-order chi connectivity index (χ1) is 9.36. The first-order valence-electron chi connectivity index (χ1n) is 5.92. The first kappa shape index (κ1) is 17.2. The summed E-state index contributed by atoms with van der Waals surface area (Å²) in [6.07, 6.45) is 1.49. The maximum absolute atomic E-state index is 12.2. The lowest BCUT2D eigenvalue weighted by Gasteiger charge is -2.14. The van der Waals surface area contributed by atoms with Crippen molar-refractivity contribution in [3.8, 4) is 11.5 Å². The summed E-state index contributed by atoms with van der Waals surface area (Å²) in [6.45, 7) is 3.79. The Morgan fingerprint density at radius 1 is 1.35 bits per heavy atom. The number of ketones is 1. The summed E-state index contributed by atoms with van der Waals surface area (Å²) in [5.41, 5.74) is 0.394. The SMILES string of the molecule is COc1c(Cl)cc(OCC=C(Cl)Cl)cc1C(=O)C(C)C. The van der Waals surface area contributed by atoms with Gasteiger partial charge >= 0.3 is 0 Å². The van der Waals surface area contributed by atoms with Gasteiger partial charge in [-0.2, -0.15) is 0 Å². The van der Waals surface area contributed by atoms with Gasteiger partial charge in [0.2, 0.25) is 0 Å². The zero-order valence-corrected chi connectivity index (χ0v) is 13.6. The van der Waals surface area contributed by atoms with Crippen LogP contribution < -0.4 is 9.47 Å². The van der Waals surface area contributed by atoms with Gasteiger partial charge < -0.3 is 9.47 Å². The molecule has 0 saturated carbocycles. The summed E-state index contributed by atoms with van der Waals surface area (Å²) in [6, 6.07) is 3.18. The first-order valence-corrected chi connectivity index (χ1v) is 7.06. The van der Waals surface area contributed by atoms with E-state index in [0.29, 0.717) is 22.1 Å². The van der Waals surface area contributed by atoms with Crippen molar-refractivity contribution < 1.29 is 14.3 Å². The molecule has 0 spiro atoms. The van der Waals surface area contributed by atoms with Crippen molar-refractivity contribution >= 4 is 40.6 Å². The molecule has 0 radical (unpaired) electrons. The van der Waals surface area contributed by atoms with E-state index in [2.05, 4.69) is 0 Å². The zero-order valence-electron chi connectivity index (χ0n) is 11.4. The van der Waals surface area contributed by atoms with Crippen LogP contribution in [0.4, 0.5) is 0 Å². The molecule has 6 heteroatoms. The van der Waals surface area contributed by atoms with Gasteiger partial charge in [-0.15, -0.1) is 0 Å². The van der Waals surface area contributed by atoms with Crippen molar-refractivity contribution in [2.45, 2.75) is 13.8 Å². The highest BCUT2D eigenvalue weighted by atomic mass is 35.5. The molecule has 0 amide bonds. The Morgan fingerprint density at radius 3 is 2.50 bits per heavy atom. The van der Waals surface area contributed by atoms with E-state index in [4.69, 9.17) is 44.3 Å². The van der Waals surface area contributed by atoms with Crippen molar-refractivity contribution in [3.63, 3.8) is 0 Å². The topological polar surface area (TPSA) is 35.5 Å². The largest absolute Gasteiger partial charge is 0.494 e. The maximum atomic E-state index is 12.2. The Bertz CT molecular complexity index is 521. The average Bonchev–Trinajstić information content (AvgIpc) is 2.36. The van der Waals surface area contributed by atoms with E-state index >= 15 is 0 Å². The van der Waals surface area contributed by atoms with Crippen molar-refractivity contribution in [2.24, 2.45) is 5.92 Å². The van der Waals surface area contributed by atoms with Gasteiger partial charge in [-0.1, -0.05) is 48.7 Å². The zero-order chi connectivity index (χ0) is 15.3. The molecule has 0 aliphatic rings. The molecule has 0 aliphatic carbocycles. The number of hydrogen-bond acceptors (Lipinski definition) is 3. The Kier molecular flexibility index (Phi) is 6.66. The standard InChI is InChI=1S/C14H15Cl3O3/c1-8(2)13(18)10-6-9(20-5-4-12(16)17)7-11(15)14(10)19-3/h4,6-8H,5H2,1-3H3. The quantitative estimate of drug-likeness (QED) is 0.694. The summed E-state index contributed by atoms with van der Waals surface area (Å²) in [7, 11) is 1.47. The van der Waals surface area contributed by atoms with E-state index in [1.807, 2.05) is 0 Å². The smallest absolute Gasteiger partial charge is 0.169 e. The molecular weight excluding hydrogens is 323 g/mol. The molecule has 20 heavy (non-hydrogen) atoms. The third kappa shape index (κ3) is 4.58. The van der Waals surface area contributed by atoms with Crippen LogP contribution in [0.15, 0.2) is 22.7 Å². The third-order valence-corrected chi connectivity index (χ3v) is 3.09. The van der Waals surface area contributed by atoms with Crippen LogP contribution in [0.5, 0.6) is 11.5 Å². The molecule has 1 rings (SSSR count). The fraction of sp³-hybridized carbons (Fsp3) is 0.357. The highest BCUT2D eigenvalue weighted by Gasteiger charge is 2.19. The highest BCUT2D eigenvalue weighted by molar-refractivity contribution is 6.55. The number of methoxy groups -OCH3 is 1. The van der Waals surface area contributed by atoms with Crippen molar-refractivity contribution in [1.29, 1.82) is 0 Å². The number of carbonyl (C=O) groups excluding carboxylic acids is 1. The number of benzene rings is 1. The molecule has 0 aromatic heterocycles. The fourth-order valence-electron chi connectivity index (χ4n) is 1.55.